The topological polar surface area (TPSA) is 29.3 Å². The van der Waals surface area contributed by atoms with Crippen LogP contribution in [0.3, 0.4) is 0 Å². The molecule has 0 heterocycles. The Bertz CT molecular complexity index is 626. The summed E-state index contributed by atoms with van der Waals surface area (Å²) in [5, 5.41) is 0. The van der Waals surface area contributed by atoms with Gasteiger partial charge in [-0.25, -0.2) is 8.78 Å². The van der Waals surface area contributed by atoms with Crippen LogP contribution in [0.2, 0.25) is 0 Å². The lowest BCUT2D eigenvalue weighted by molar-refractivity contribution is 0.624. The molecule has 0 aromatic heterocycles. The number of nitrogens with zero attached hydrogens (tertiary/aromatic N) is 1. The molecule has 0 aliphatic heterocycles. The van der Waals surface area contributed by atoms with Gasteiger partial charge >= 0.3 is 0 Å². The van der Waals surface area contributed by atoms with E-state index in [9.17, 15) is 8.78 Å². The Labute approximate surface area is 121 Å². The van der Waals surface area contributed by atoms with Crippen molar-refractivity contribution in [2.75, 3.05) is 11.9 Å². The van der Waals surface area contributed by atoms with Crippen LogP contribution in [0.5, 0.6) is 0 Å². The number of halogens is 2. The summed E-state index contributed by atoms with van der Waals surface area (Å²) >= 11 is 4.76. The molecule has 0 aliphatic carbocycles. The van der Waals surface area contributed by atoms with Crippen LogP contribution in [0, 0.1) is 11.6 Å². The lowest BCUT2D eigenvalue weighted by Crippen LogP contribution is -2.18. The molecule has 0 unspecified atom stereocenters. The summed E-state index contributed by atoms with van der Waals surface area (Å²) in [6.45, 7) is 0.548. The first kappa shape index (κ1) is 14.4. The molecule has 0 amide bonds. The first-order valence-electron chi connectivity index (χ1n) is 6.02. The molecule has 0 spiro atoms. The molecule has 2 nitrogen and oxygen atoms in total. The minimum atomic E-state index is -0.444. The van der Waals surface area contributed by atoms with Crippen molar-refractivity contribution in [2.24, 2.45) is 5.73 Å². The highest BCUT2D eigenvalue weighted by molar-refractivity contribution is 7.80. The highest BCUT2D eigenvalue weighted by Gasteiger charge is 2.09. The van der Waals surface area contributed by atoms with Crippen molar-refractivity contribution in [3.05, 3.63) is 65.2 Å². The standard InChI is InChI=1S/C15H14F2N2S/c1-19(9-10-2-4-11(16)5-3-10)12-6-7-13(15(18)20)14(17)8-12/h2-8H,9H2,1H3,(H2,18,20). The van der Waals surface area contributed by atoms with Crippen LogP contribution in [-0.2, 0) is 6.54 Å². The molecule has 2 aromatic carbocycles. The van der Waals surface area contributed by atoms with E-state index < -0.39 is 5.82 Å². The van der Waals surface area contributed by atoms with Gasteiger partial charge in [-0.05, 0) is 35.9 Å². The fraction of sp³-hybridized carbons (Fsp3) is 0.133. The van der Waals surface area contributed by atoms with Crippen LogP contribution >= 0.6 is 12.2 Å². The van der Waals surface area contributed by atoms with Crippen LogP contribution in [-0.4, -0.2) is 12.0 Å². The summed E-state index contributed by atoms with van der Waals surface area (Å²) in [6, 6.07) is 10.9. The van der Waals surface area contributed by atoms with E-state index in [0.29, 0.717) is 12.2 Å². The second kappa shape index (κ2) is 5.96. The van der Waals surface area contributed by atoms with E-state index in [1.54, 1.807) is 24.3 Å². The van der Waals surface area contributed by atoms with Gasteiger partial charge in [0.2, 0.25) is 0 Å². The van der Waals surface area contributed by atoms with Gasteiger partial charge in [0, 0.05) is 24.8 Å². The molecule has 20 heavy (non-hydrogen) atoms. The van der Waals surface area contributed by atoms with E-state index in [1.807, 2.05) is 11.9 Å². The second-order valence-electron chi connectivity index (χ2n) is 4.51. The predicted molar refractivity (Wildman–Crippen MR) is 80.8 cm³/mol. The van der Waals surface area contributed by atoms with E-state index in [0.717, 1.165) is 5.56 Å². The Hall–Kier alpha value is -2.01. The van der Waals surface area contributed by atoms with E-state index in [-0.39, 0.29) is 16.4 Å². The number of nitrogens with two attached hydrogens (primary N) is 1. The van der Waals surface area contributed by atoms with Gasteiger partial charge in [-0.1, -0.05) is 24.4 Å². The molecule has 2 aromatic rings. The van der Waals surface area contributed by atoms with Gasteiger partial charge in [-0.15, -0.1) is 0 Å². The van der Waals surface area contributed by atoms with Crippen molar-refractivity contribution in [2.45, 2.75) is 6.54 Å². The molecule has 0 bridgehead atoms. The van der Waals surface area contributed by atoms with Gasteiger partial charge in [0.15, 0.2) is 0 Å². The first-order chi connectivity index (χ1) is 9.47. The summed E-state index contributed by atoms with van der Waals surface area (Å²) in [5.74, 6) is -0.718. The van der Waals surface area contributed by atoms with E-state index >= 15 is 0 Å². The average Bonchev–Trinajstić information content (AvgIpc) is 2.40. The number of benzene rings is 2. The Morgan fingerprint density at radius 2 is 1.80 bits per heavy atom. The van der Waals surface area contributed by atoms with Gasteiger partial charge in [-0.2, -0.15) is 0 Å². The molecular weight excluding hydrogens is 278 g/mol. The molecule has 0 radical (unpaired) electrons. The fourth-order valence-corrected chi connectivity index (χ4v) is 2.06. The van der Waals surface area contributed by atoms with Gasteiger partial charge in [0.05, 0.1) is 0 Å². The molecule has 104 valence electrons. The summed E-state index contributed by atoms with van der Waals surface area (Å²) in [6.07, 6.45) is 0. The van der Waals surface area contributed by atoms with Gasteiger partial charge in [0.25, 0.3) is 0 Å². The zero-order chi connectivity index (χ0) is 14.7. The molecule has 0 saturated heterocycles. The van der Waals surface area contributed by atoms with Crippen molar-refractivity contribution in [3.63, 3.8) is 0 Å². The Kier molecular flexibility index (Phi) is 4.29. The monoisotopic (exact) mass is 292 g/mol. The Balaban J connectivity index is 2.17. The van der Waals surface area contributed by atoms with E-state index in [2.05, 4.69) is 0 Å². The minimum Gasteiger partial charge on any atom is -0.389 e. The average molecular weight is 292 g/mol. The summed E-state index contributed by atoms with van der Waals surface area (Å²) in [4.78, 5) is 1.90. The highest BCUT2D eigenvalue weighted by atomic mass is 32.1. The molecule has 0 aliphatic rings. The highest BCUT2D eigenvalue weighted by Crippen LogP contribution is 2.19. The lowest BCUT2D eigenvalue weighted by atomic mass is 10.1. The maximum atomic E-state index is 13.8. The first-order valence-corrected chi connectivity index (χ1v) is 6.43. The van der Waals surface area contributed by atoms with Crippen LogP contribution in [0.4, 0.5) is 14.5 Å². The van der Waals surface area contributed by atoms with Crippen molar-refractivity contribution in [1.29, 1.82) is 0 Å². The molecule has 0 atom stereocenters. The normalized spacial score (nSPS) is 10.3. The minimum absolute atomic E-state index is 0.0373. The Morgan fingerprint density at radius 3 is 2.35 bits per heavy atom. The maximum absolute atomic E-state index is 13.8. The quantitative estimate of drug-likeness (QED) is 0.877. The van der Waals surface area contributed by atoms with Gasteiger partial charge < -0.3 is 10.6 Å². The van der Waals surface area contributed by atoms with Crippen molar-refractivity contribution < 1.29 is 8.78 Å². The maximum Gasteiger partial charge on any atom is 0.135 e. The van der Waals surface area contributed by atoms with Crippen LogP contribution < -0.4 is 10.6 Å². The van der Waals surface area contributed by atoms with Crippen LogP contribution in [0.25, 0.3) is 0 Å². The third-order valence-corrected chi connectivity index (χ3v) is 3.21. The number of hydrogen-bond acceptors (Lipinski definition) is 2. The lowest BCUT2D eigenvalue weighted by Gasteiger charge is -2.20. The number of rotatable bonds is 4. The molecule has 5 heteroatoms. The van der Waals surface area contributed by atoms with E-state index in [1.165, 1.54) is 18.2 Å². The largest absolute Gasteiger partial charge is 0.389 e. The van der Waals surface area contributed by atoms with Gasteiger partial charge in [0.1, 0.15) is 16.6 Å². The fourth-order valence-electron chi connectivity index (χ4n) is 1.90. The van der Waals surface area contributed by atoms with Gasteiger partial charge in [-0.3, -0.25) is 0 Å². The van der Waals surface area contributed by atoms with E-state index in [4.69, 9.17) is 18.0 Å². The van der Waals surface area contributed by atoms with Crippen molar-refractivity contribution >= 4 is 22.9 Å². The SMILES string of the molecule is CN(Cc1ccc(F)cc1)c1ccc(C(N)=S)c(F)c1. The number of hydrogen-bond donors (Lipinski definition) is 1. The predicted octanol–water partition coefficient (Wildman–Crippen LogP) is 3.24. The zero-order valence-electron chi connectivity index (χ0n) is 10.9. The molecule has 0 fully saturated rings. The third-order valence-electron chi connectivity index (χ3n) is 2.99. The Morgan fingerprint density at radius 1 is 1.15 bits per heavy atom. The van der Waals surface area contributed by atoms with Crippen LogP contribution in [0.1, 0.15) is 11.1 Å². The van der Waals surface area contributed by atoms with Crippen molar-refractivity contribution in [1.82, 2.24) is 0 Å². The van der Waals surface area contributed by atoms with Crippen molar-refractivity contribution in [3.8, 4) is 0 Å². The number of thiocarbonyl (C=S) groups is 1. The summed E-state index contributed by atoms with van der Waals surface area (Å²) in [5.41, 5.74) is 7.29. The molecule has 0 saturated carbocycles. The second-order valence-corrected chi connectivity index (χ2v) is 4.95. The van der Waals surface area contributed by atoms with Crippen LogP contribution in [0.15, 0.2) is 42.5 Å². The zero-order valence-corrected chi connectivity index (χ0v) is 11.8. The molecule has 2 rings (SSSR count). The summed E-state index contributed by atoms with van der Waals surface area (Å²) < 4.78 is 26.6. The molecule has 2 N–H and O–H groups in total. The third kappa shape index (κ3) is 3.30. The molecular formula is C15H14F2N2S. The summed E-state index contributed by atoms with van der Waals surface area (Å²) in [7, 11) is 1.83. The smallest absolute Gasteiger partial charge is 0.135 e. The number of anilines is 1.